The average Bonchev–Trinajstić information content (AvgIpc) is 3.48. The highest BCUT2D eigenvalue weighted by molar-refractivity contribution is 6.15. The lowest BCUT2D eigenvalue weighted by Gasteiger charge is -2.48. The van der Waals surface area contributed by atoms with Gasteiger partial charge in [-0.25, -0.2) is 0 Å². The van der Waals surface area contributed by atoms with E-state index in [4.69, 9.17) is 0 Å². The third-order valence-corrected chi connectivity index (χ3v) is 12.4. The van der Waals surface area contributed by atoms with Crippen molar-refractivity contribution < 1.29 is 0 Å². The molecule has 0 unspecified atom stereocenters. The van der Waals surface area contributed by atoms with Crippen molar-refractivity contribution in [3.8, 4) is 39.1 Å². The van der Waals surface area contributed by atoms with E-state index in [1.807, 2.05) is 0 Å². The van der Waals surface area contributed by atoms with Crippen molar-refractivity contribution in [1.82, 2.24) is 4.57 Å². The molecule has 1 aliphatic rings. The van der Waals surface area contributed by atoms with Gasteiger partial charge in [0.2, 0.25) is 0 Å². The maximum absolute atomic E-state index is 2.46. The van der Waals surface area contributed by atoms with E-state index < -0.39 is 0 Å². The van der Waals surface area contributed by atoms with Crippen LogP contribution in [-0.4, -0.2) is 4.57 Å². The summed E-state index contributed by atoms with van der Waals surface area (Å²) in [5.74, 6) is 0. The second-order valence-electron chi connectivity index (χ2n) is 15.4. The number of hydrogen-bond acceptors (Lipinski definition) is 0. The van der Waals surface area contributed by atoms with Crippen LogP contribution >= 0.6 is 0 Å². The van der Waals surface area contributed by atoms with Gasteiger partial charge in [-0.05, 0) is 102 Å². The summed E-state index contributed by atoms with van der Waals surface area (Å²) < 4.78 is 2.46. The highest BCUT2D eigenvalue weighted by Crippen LogP contribution is 2.54. The Morgan fingerprint density at radius 1 is 0.353 bits per heavy atom. The lowest BCUT2D eigenvalue weighted by molar-refractivity contribution is 0.299. The number of rotatable bonds is 3. The van der Waals surface area contributed by atoms with Gasteiger partial charge in [0.25, 0.3) is 0 Å². The predicted molar refractivity (Wildman–Crippen MR) is 218 cm³/mol. The summed E-state index contributed by atoms with van der Waals surface area (Å²) in [6.07, 6.45) is 0. The summed E-state index contributed by atoms with van der Waals surface area (Å²) in [5, 5.41) is 7.58. The van der Waals surface area contributed by atoms with Gasteiger partial charge in [0, 0.05) is 16.2 Å². The molecule has 1 aromatic heterocycles. The Labute approximate surface area is 299 Å². The number of para-hydroxylation sites is 1. The fourth-order valence-electron chi connectivity index (χ4n) is 8.91. The molecule has 0 N–H and O–H groups in total. The Kier molecular flexibility index (Phi) is 6.34. The fraction of sp³-hybridized carbons (Fsp3) is 0.120. The molecule has 10 rings (SSSR count). The minimum absolute atomic E-state index is 0.0132. The van der Waals surface area contributed by atoms with Crippen LogP contribution in [0.2, 0.25) is 0 Å². The second-order valence-corrected chi connectivity index (χ2v) is 15.4. The third kappa shape index (κ3) is 4.28. The summed E-state index contributed by atoms with van der Waals surface area (Å²) in [6.45, 7) is 9.58. The zero-order valence-electron chi connectivity index (χ0n) is 29.5. The van der Waals surface area contributed by atoms with Crippen LogP contribution in [0.1, 0.15) is 38.8 Å². The molecule has 244 valence electrons. The highest BCUT2D eigenvalue weighted by Gasteiger charge is 2.45. The lowest BCUT2D eigenvalue weighted by atomic mass is 9.55. The topological polar surface area (TPSA) is 4.93 Å². The van der Waals surface area contributed by atoms with Gasteiger partial charge in [-0.3, -0.25) is 0 Å². The molecule has 0 saturated heterocycles. The maximum Gasteiger partial charge on any atom is 0.0547 e. The average molecular weight is 654 g/mol. The second kappa shape index (κ2) is 10.8. The van der Waals surface area contributed by atoms with Gasteiger partial charge in [0.05, 0.1) is 16.7 Å². The molecule has 0 radical (unpaired) electrons. The van der Waals surface area contributed by atoms with Crippen LogP contribution in [0.25, 0.3) is 82.4 Å². The predicted octanol–water partition coefficient (Wildman–Crippen LogP) is 13.7. The number of aromatic nitrogens is 1. The first kappa shape index (κ1) is 29.9. The molecule has 0 amide bonds. The van der Waals surface area contributed by atoms with E-state index in [-0.39, 0.29) is 10.8 Å². The van der Waals surface area contributed by atoms with Gasteiger partial charge in [-0.15, -0.1) is 0 Å². The first-order valence-electron chi connectivity index (χ1n) is 18.1. The molecule has 1 nitrogen and oxygen atoms in total. The van der Waals surface area contributed by atoms with Gasteiger partial charge in [-0.1, -0.05) is 161 Å². The molecule has 0 atom stereocenters. The van der Waals surface area contributed by atoms with Crippen molar-refractivity contribution in [2.75, 3.05) is 0 Å². The Hall–Kier alpha value is -5.92. The molecule has 1 aliphatic carbocycles. The van der Waals surface area contributed by atoms with Crippen molar-refractivity contribution in [1.29, 1.82) is 0 Å². The van der Waals surface area contributed by atoms with E-state index in [0.29, 0.717) is 0 Å². The van der Waals surface area contributed by atoms with E-state index in [1.165, 1.54) is 93.5 Å². The lowest BCUT2D eigenvalue weighted by Crippen LogP contribution is -2.43. The molecule has 0 saturated carbocycles. The van der Waals surface area contributed by atoms with E-state index >= 15 is 0 Å². The van der Waals surface area contributed by atoms with Crippen molar-refractivity contribution in [2.24, 2.45) is 0 Å². The monoisotopic (exact) mass is 653 g/mol. The van der Waals surface area contributed by atoms with Crippen molar-refractivity contribution in [3.05, 3.63) is 175 Å². The van der Waals surface area contributed by atoms with Crippen molar-refractivity contribution in [2.45, 2.75) is 38.5 Å². The van der Waals surface area contributed by atoms with Crippen LogP contribution in [0.4, 0.5) is 0 Å². The first-order chi connectivity index (χ1) is 24.8. The van der Waals surface area contributed by atoms with Gasteiger partial charge in [0.1, 0.15) is 0 Å². The van der Waals surface area contributed by atoms with E-state index in [9.17, 15) is 0 Å². The largest absolute Gasteiger partial charge is 0.309 e. The highest BCUT2D eigenvalue weighted by atomic mass is 15.0. The van der Waals surface area contributed by atoms with Crippen molar-refractivity contribution in [3.63, 3.8) is 0 Å². The van der Waals surface area contributed by atoms with Gasteiger partial charge < -0.3 is 4.57 Å². The molecular weight excluding hydrogens is 615 g/mol. The number of fused-ring (bicyclic) bond motifs is 8. The molecular formula is C50H39N. The molecule has 0 bridgehead atoms. The minimum atomic E-state index is 0.0132. The molecule has 1 heteroatoms. The minimum Gasteiger partial charge on any atom is -0.309 e. The summed E-state index contributed by atoms with van der Waals surface area (Å²) in [4.78, 5) is 0. The summed E-state index contributed by atoms with van der Waals surface area (Å²) >= 11 is 0. The molecule has 8 aromatic carbocycles. The fourth-order valence-corrected chi connectivity index (χ4v) is 8.91. The number of hydrogen-bond donors (Lipinski definition) is 0. The quantitative estimate of drug-likeness (QED) is 0.179. The maximum atomic E-state index is 2.46. The summed E-state index contributed by atoms with van der Waals surface area (Å²) in [7, 11) is 0. The third-order valence-electron chi connectivity index (χ3n) is 12.4. The first-order valence-corrected chi connectivity index (χ1v) is 18.1. The van der Waals surface area contributed by atoms with Crippen LogP contribution in [0.15, 0.2) is 164 Å². The Morgan fingerprint density at radius 2 is 0.941 bits per heavy atom. The molecule has 9 aromatic rings. The van der Waals surface area contributed by atoms with E-state index in [2.05, 4.69) is 196 Å². The van der Waals surface area contributed by atoms with Crippen LogP contribution in [0.5, 0.6) is 0 Å². The van der Waals surface area contributed by atoms with Gasteiger partial charge >= 0.3 is 0 Å². The van der Waals surface area contributed by atoms with Gasteiger partial charge in [0.15, 0.2) is 0 Å². The summed E-state index contributed by atoms with van der Waals surface area (Å²) in [5.41, 5.74) is 14.2. The van der Waals surface area contributed by atoms with Gasteiger partial charge in [-0.2, -0.15) is 0 Å². The van der Waals surface area contributed by atoms with E-state index in [1.54, 1.807) is 0 Å². The zero-order chi connectivity index (χ0) is 34.5. The summed E-state index contributed by atoms with van der Waals surface area (Å²) in [6, 6.07) is 61.0. The Bertz CT molecular complexity index is 2840. The Morgan fingerprint density at radius 3 is 1.73 bits per heavy atom. The van der Waals surface area contributed by atoms with Crippen LogP contribution < -0.4 is 0 Å². The smallest absolute Gasteiger partial charge is 0.0547 e. The molecule has 1 heterocycles. The van der Waals surface area contributed by atoms with Crippen LogP contribution in [0, 0.1) is 0 Å². The normalized spacial score (nSPS) is 14.6. The van der Waals surface area contributed by atoms with Crippen molar-refractivity contribution >= 4 is 43.4 Å². The Balaban J connectivity index is 1.09. The molecule has 0 spiro atoms. The SMILES string of the molecule is CC1(C)c2ccccc2-c2cc(-c3ccc(-c4ccc(-n5c6ccccc6c6cc7ccccc7cc65)c5ccccc45)cc3)ccc2C1(C)C. The van der Waals surface area contributed by atoms with E-state index in [0.717, 1.165) is 0 Å². The molecule has 51 heavy (non-hydrogen) atoms. The van der Waals surface area contributed by atoms with Crippen LogP contribution in [-0.2, 0) is 10.8 Å². The zero-order valence-corrected chi connectivity index (χ0v) is 29.5. The molecule has 0 fully saturated rings. The number of nitrogens with zero attached hydrogens (tertiary/aromatic N) is 1. The molecule has 0 aliphatic heterocycles. The standard InChI is InChI=1S/C50H39N/c1-49(2)44-19-11-9-16-39(44)42-29-36(25-27-45(42)50(49,3)4)32-21-23-33(24-22-32)37-26-28-47(40-17-8-7-15-38(37)40)51-46-20-12-10-18-41(46)43-30-34-13-5-6-14-35(34)31-48(43)51/h5-31H,1-4H3. The van der Waals surface area contributed by atoms with Crippen LogP contribution in [0.3, 0.4) is 0 Å². The number of benzene rings is 8.